The second-order valence-corrected chi connectivity index (χ2v) is 5.88. The van der Waals surface area contributed by atoms with Crippen molar-refractivity contribution in [1.29, 1.82) is 0 Å². The number of fused-ring (bicyclic) bond motifs is 1. The van der Waals surface area contributed by atoms with E-state index in [0.29, 0.717) is 5.69 Å². The molecule has 1 N–H and O–H groups in total. The van der Waals surface area contributed by atoms with Crippen LogP contribution in [0, 0.1) is 15.9 Å². The summed E-state index contributed by atoms with van der Waals surface area (Å²) < 4.78 is 55.0. The number of rotatable bonds is 5. The van der Waals surface area contributed by atoms with Crippen molar-refractivity contribution in [3.63, 3.8) is 0 Å². The molecule has 0 spiro atoms. The van der Waals surface area contributed by atoms with Crippen molar-refractivity contribution in [2.75, 3.05) is 11.9 Å². The van der Waals surface area contributed by atoms with E-state index in [1.54, 1.807) is 0 Å². The van der Waals surface area contributed by atoms with Crippen LogP contribution in [-0.4, -0.2) is 27.7 Å². The molecule has 1 aromatic heterocycles. The first kappa shape index (κ1) is 23.1. The molecule has 2 aromatic carbocycles. The van der Waals surface area contributed by atoms with Crippen LogP contribution in [0.3, 0.4) is 0 Å². The third kappa shape index (κ3) is 5.66. The van der Waals surface area contributed by atoms with Gasteiger partial charge in [-0.05, 0) is 18.2 Å². The summed E-state index contributed by atoms with van der Waals surface area (Å²) in [6.07, 6.45) is -3.56. The number of benzene rings is 2. The predicted molar refractivity (Wildman–Crippen MR) is 93.5 cm³/mol. The molecule has 1 heterocycles. The van der Waals surface area contributed by atoms with Crippen molar-refractivity contribution in [2.24, 2.45) is 0 Å². The molecule has 3 aromatic rings. The number of nitro groups is 1. The zero-order valence-electron chi connectivity index (χ0n) is 15.6. The van der Waals surface area contributed by atoms with Gasteiger partial charge in [0.1, 0.15) is 18.0 Å². The van der Waals surface area contributed by atoms with Crippen LogP contribution in [0.1, 0.15) is 1.43 Å². The molecule has 0 aliphatic rings. The van der Waals surface area contributed by atoms with Gasteiger partial charge in [0.25, 0.3) is 0 Å². The molecular formula is C16H10ClF4N4NaO3. The minimum Gasteiger partial charge on any atom is -1.00 e. The van der Waals surface area contributed by atoms with Gasteiger partial charge in [0, 0.05) is 17.8 Å². The van der Waals surface area contributed by atoms with Gasteiger partial charge >= 0.3 is 41.4 Å². The third-order valence-corrected chi connectivity index (χ3v) is 3.78. The molecule has 148 valence electrons. The molecule has 0 bridgehead atoms. The number of nitro benzene ring substituents is 1. The van der Waals surface area contributed by atoms with Gasteiger partial charge in [0.2, 0.25) is 0 Å². The van der Waals surface area contributed by atoms with E-state index in [2.05, 4.69) is 20.0 Å². The first-order chi connectivity index (χ1) is 13.1. The predicted octanol–water partition coefficient (Wildman–Crippen LogP) is 2.13. The van der Waals surface area contributed by atoms with Crippen LogP contribution < -0.4 is 39.6 Å². The topological polar surface area (TPSA) is 90.2 Å². The second kappa shape index (κ2) is 9.08. The zero-order chi connectivity index (χ0) is 20.5. The molecule has 7 nitrogen and oxygen atoms in total. The number of hydrogen-bond acceptors (Lipinski definition) is 6. The van der Waals surface area contributed by atoms with Gasteiger partial charge < -0.3 is 11.5 Å². The van der Waals surface area contributed by atoms with Crippen LogP contribution in [-0.2, 0) is 0 Å². The average Bonchev–Trinajstić information content (AvgIpc) is 2.62. The number of nitrogens with zero attached hydrogens (tertiary/aromatic N) is 3. The van der Waals surface area contributed by atoms with E-state index in [9.17, 15) is 27.7 Å². The Morgan fingerprint density at radius 3 is 2.59 bits per heavy atom. The molecule has 0 saturated carbocycles. The number of alkyl halides is 3. The second-order valence-electron chi connectivity index (χ2n) is 5.47. The van der Waals surface area contributed by atoms with E-state index < -0.39 is 35.0 Å². The minimum absolute atomic E-state index is 0. The molecule has 3 rings (SSSR count). The Balaban J connectivity index is 0.00000225. The number of nitrogens with one attached hydrogen (secondary N) is 1. The van der Waals surface area contributed by atoms with Crippen LogP contribution in [0.2, 0.25) is 5.02 Å². The van der Waals surface area contributed by atoms with Crippen LogP contribution in [0.5, 0.6) is 5.75 Å². The normalized spacial score (nSPS) is 11.1. The summed E-state index contributed by atoms with van der Waals surface area (Å²) in [7, 11) is 0. The van der Waals surface area contributed by atoms with Gasteiger partial charge in [-0.3, -0.25) is 10.1 Å². The Morgan fingerprint density at radius 2 is 1.97 bits per heavy atom. The Hall–Kier alpha value is -2.21. The monoisotopic (exact) mass is 440 g/mol. The molecule has 0 aliphatic carbocycles. The summed E-state index contributed by atoms with van der Waals surface area (Å²) >= 11 is 5.71. The van der Waals surface area contributed by atoms with E-state index in [0.717, 1.165) is 24.5 Å². The van der Waals surface area contributed by atoms with E-state index in [-0.39, 0.29) is 52.7 Å². The summed E-state index contributed by atoms with van der Waals surface area (Å²) in [5.41, 5.74) is -0.244. The van der Waals surface area contributed by atoms with Gasteiger partial charge in [-0.25, -0.2) is 14.4 Å². The third-order valence-electron chi connectivity index (χ3n) is 3.49. The van der Waals surface area contributed by atoms with Gasteiger partial charge in [-0.1, -0.05) is 11.6 Å². The molecule has 0 saturated heterocycles. The molecule has 0 amide bonds. The summed E-state index contributed by atoms with van der Waals surface area (Å²) in [4.78, 5) is 18.3. The fourth-order valence-electron chi connectivity index (χ4n) is 2.30. The molecule has 0 unspecified atom stereocenters. The maximum Gasteiger partial charge on any atom is 1.00 e. The fourth-order valence-corrected chi connectivity index (χ4v) is 2.48. The molecule has 0 fully saturated rings. The van der Waals surface area contributed by atoms with Crippen LogP contribution in [0.15, 0.2) is 36.7 Å². The van der Waals surface area contributed by atoms with Crippen molar-refractivity contribution < 1.29 is 58.2 Å². The standard InChI is InChI=1S/C16H9ClF4N4O3.Na.H/c17-10-3-8(1-2-11(10)18)24-15-9-4-13(25(26)27)14(28-6-16(19,20)21)5-12(9)22-7-23-15;;/h1-5,7H,6H2,(H,22,23,24);;/q;+1;-1. The molecule has 13 heteroatoms. The van der Waals surface area contributed by atoms with Crippen LogP contribution >= 0.6 is 11.6 Å². The quantitative estimate of drug-likeness (QED) is 0.283. The minimum atomic E-state index is -4.66. The van der Waals surface area contributed by atoms with Crippen molar-refractivity contribution in [3.05, 3.63) is 57.6 Å². The molecule has 29 heavy (non-hydrogen) atoms. The summed E-state index contributed by atoms with van der Waals surface area (Å²) in [5.74, 6) is -1.11. The van der Waals surface area contributed by atoms with Crippen molar-refractivity contribution in [3.8, 4) is 5.75 Å². The zero-order valence-corrected chi connectivity index (χ0v) is 17.4. The molecule has 0 radical (unpaired) electrons. The van der Waals surface area contributed by atoms with E-state index in [1.807, 2.05) is 0 Å². The van der Waals surface area contributed by atoms with Gasteiger partial charge in [0.05, 0.1) is 20.8 Å². The van der Waals surface area contributed by atoms with Crippen LogP contribution in [0.25, 0.3) is 10.9 Å². The summed E-state index contributed by atoms with van der Waals surface area (Å²) in [5, 5.41) is 14.1. The summed E-state index contributed by atoms with van der Waals surface area (Å²) in [6, 6.07) is 5.77. The van der Waals surface area contributed by atoms with E-state index in [1.165, 1.54) is 12.1 Å². The number of halogens is 5. The van der Waals surface area contributed by atoms with E-state index in [4.69, 9.17) is 11.6 Å². The van der Waals surface area contributed by atoms with Gasteiger partial charge in [-0.2, -0.15) is 13.2 Å². The smallest absolute Gasteiger partial charge is 1.00 e. The van der Waals surface area contributed by atoms with Gasteiger partial charge in [0.15, 0.2) is 12.4 Å². The Morgan fingerprint density at radius 1 is 1.24 bits per heavy atom. The number of aromatic nitrogens is 2. The number of ether oxygens (including phenoxy) is 1. The van der Waals surface area contributed by atoms with Crippen molar-refractivity contribution in [1.82, 2.24) is 9.97 Å². The Kier molecular flexibility index (Phi) is 7.22. The van der Waals surface area contributed by atoms with E-state index >= 15 is 0 Å². The van der Waals surface area contributed by atoms with Crippen molar-refractivity contribution in [2.45, 2.75) is 6.18 Å². The fraction of sp³-hybridized carbons (Fsp3) is 0.125. The average molecular weight is 441 g/mol. The Labute approximate surface area is 189 Å². The van der Waals surface area contributed by atoms with Crippen molar-refractivity contribution >= 4 is 39.7 Å². The Bertz CT molecular complexity index is 1070. The van der Waals surface area contributed by atoms with Gasteiger partial charge in [-0.15, -0.1) is 0 Å². The number of anilines is 2. The SMILES string of the molecule is O=[N+]([O-])c1cc2c(Nc3ccc(F)c(Cl)c3)ncnc2cc1OCC(F)(F)F.[H-].[Na+]. The largest absolute Gasteiger partial charge is 1.00 e. The molecule has 0 aliphatic heterocycles. The first-order valence-electron chi connectivity index (χ1n) is 7.49. The maximum absolute atomic E-state index is 13.3. The number of hydrogen-bond donors (Lipinski definition) is 1. The summed E-state index contributed by atoms with van der Waals surface area (Å²) in [6.45, 7) is -1.69. The van der Waals surface area contributed by atoms with Crippen LogP contribution in [0.4, 0.5) is 34.8 Å². The molecular weight excluding hydrogens is 431 g/mol. The maximum atomic E-state index is 13.3. The molecule has 0 atom stereocenters. The first-order valence-corrected chi connectivity index (χ1v) is 7.86.